The second kappa shape index (κ2) is 4.53. The van der Waals surface area contributed by atoms with E-state index in [2.05, 4.69) is 5.32 Å². The topological polar surface area (TPSA) is 75.7 Å². The van der Waals surface area contributed by atoms with Gasteiger partial charge in [0.2, 0.25) is 17.7 Å². The van der Waals surface area contributed by atoms with Crippen molar-refractivity contribution >= 4 is 17.7 Å². The third-order valence-electron chi connectivity index (χ3n) is 5.83. The number of fused-ring (bicyclic) bond motifs is 5. The van der Waals surface area contributed by atoms with Crippen LogP contribution >= 0.6 is 0 Å². The lowest BCUT2D eigenvalue weighted by Gasteiger charge is -2.36. The number of carbonyl (C=O) groups is 3. The third-order valence-corrected chi connectivity index (χ3v) is 5.83. The van der Waals surface area contributed by atoms with Crippen LogP contribution < -0.4 is 5.32 Å². The SMILES string of the molecule is CNC(=O)CCCN1C(=O)[C@@]2(C)[C@@H]3CC[C@@H](O3)[C@@]2(C)C1=O. The number of nitrogens with zero attached hydrogens (tertiary/aromatic N) is 1. The first-order valence-electron chi connectivity index (χ1n) is 7.59. The molecule has 0 unspecified atom stereocenters. The molecule has 3 aliphatic heterocycles. The van der Waals surface area contributed by atoms with Crippen molar-refractivity contribution < 1.29 is 19.1 Å². The molecule has 6 nitrogen and oxygen atoms in total. The highest BCUT2D eigenvalue weighted by Crippen LogP contribution is 2.64. The van der Waals surface area contributed by atoms with Crippen molar-refractivity contribution in [3.05, 3.63) is 0 Å². The summed E-state index contributed by atoms with van der Waals surface area (Å²) in [6.07, 6.45) is 2.23. The predicted octanol–water partition coefficient (Wildman–Crippen LogP) is 0.455. The van der Waals surface area contributed by atoms with E-state index < -0.39 is 10.8 Å². The van der Waals surface area contributed by atoms with Gasteiger partial charge < -0.3 is 10.1 Å². The minimum atomic E-state index is -0.736. The first-order valence-corrected chi connectivity index (χ1v) is 7.59. The van der Waals surface area contributed by atoms with Gasteiger partial charge in [-0.25, -0.2) is 0 Å². The van der Waals surface area contributed by atoms with Crippen LogP contribution in [0.1, 0.15) is 39.5 Å². The summed E-state index contributed by atoms with van der Waals surface area (Å²) in [5, 5.41) is 2.54. The molecule has 3 aliphatic rings. The molecule has 3 saturated heterocycles. The minimum Gasteiger partial charge on any atom is -0.373 e. The zero-order valence-electron chi connectivity index (χ0n) is 12.8. The monoisotopic (exact) mass is 294 g/mol. The fourth-order valence-corrected chi connectivity index (χ4v) is 4.25. The Morgan fingerprint density at radius 2 is 1.76 bits per heavy atom. The Balaban J connectivity index is 1.79. The fraction of sp³-hybridized carbons (Fsp3) is 0.800. The van der Waals surface area contributed by atoms with Crippen LogP contribution in [-0.4, -0.2) is 48.4 Å². The van der Waals surface area contributed by atoms with E-state index in [9.17, 15) is 14.4 Å². The van der Waals surface area contributed by atoms with Gasteiger partial charge in [0.1, 0.15) is 0 Å². The van der Waals surface area contributed by atoms with E-state index in [0.29, 0.717) is 19.4 Å². The molecule has 4 atom stereocenters. The van der Waals surface area contributed by atoms with Crippen molar-refractivity contribution in [2.24, 2.45) is 10.8 Å². The number of imide groups is 1. The molecule has 0 saturated carbocycles. The van der Waals surface area contributed by atoms with E-state index in [1.165, 1.54) is 4.90 Å². The van der Waals surface area contributed by atoms with Crippen LogP contribution in [0.4, 0.5) is 0 Å². The number of hydrogen-bond donors (Lipinski definition) is 1. The van der Waals surface area contributed by atoms with Crippen molar-refractivity contribution in [1.82, 2.24) is 10.2 Å². The first kappa shape index (κ1) is 14.5. The van der Waals surface area contributed by atoms with Gasteiger partial charge in [-0.2, -0.15) is 0 Å². The van der Waals surface area contributed by atoms with Gasteiger partial charge in [0.25, 0.3) is 0 Å². The Hall–Kier alpha value is -1.43. The van der Waals surface area contributed by atoms with E-state index in [1.807, 2.05) is 13.8 Å². The highest BCUT2D eigenvalue weighted by atomic mass is 16.5. The van der Waals surface area contributed by atoms with Gasteiger partial charge >= 0.3 is 0 Å². The molecule has 0 aromatic carbocycles. The summed E-state index contributed by atoms with van der Waals surface area (Å²) < 4.78 is 5.86. The minimum absolute atomic E-state index is 0.0740. The summed E-state index contributed by atoms with van der Waals surface area (Å²) in [6, 6.07) is 0. The Labute approximate surface area is 124 Å². The molecular weight excluding hydrogens is 272 g/mol. The third kappa shape index (κ3) is 1.59. The Morgan fingerprint density at radius 1 is 1.24 bits per heavy atom. The number of ether oxygens (including phenoxy) is 1. The van der Waals surface area contributed by atoms with Gasteiger partial charge in [0.05, 0.1) is 23.0 Å². The van der Waals surface area contributed by atoms with Crippen molar-refractivity contribution in [1.29, 1.82) is 0 Å². The number of likely N-dealkylation sites (tertiary alicyclic amines) is 1. The number of carbonyl (C=O) groups excluding carboxylic acids is 3. The largest absolute Gasteiger partial charge is 0.373 e. The predicted molar refractivity (Wildman–Crippen MR) is 74.1 cm³/mol. The molecule has 0 aromatic heterocycles. The molecule has 3 amide bonds. The molecule has 1 N–H and O–H groups in total. The molecule has 116 valence electrons. The number of amides is 3. The second-order valence-electron chi connectivity index (χ2n) is 6.63. The van der Waals surface area contributed by atoms with Gasteiger partial charge in [0, 0.05) is 20.0 Å². The lowest BCUT2D eigenvalue weighted by molar-refractivity contribution is -0.145. The van der Waals surface area contributed by atoms with Gasteiger partial charge in [-0.05, 0) is 33.1 Å². The van der Waals surface area contributed by atoms with E-state index in [0.717, 1.165) is 12.8 Å². The molecule has 0 spiro atoms. The quantitative estimate of drug-likeness (QED) is 0.764. The first-order chi connectivity index (χ1) is 9.87. The van der Waals surface area contributed by atoms with Gasteiger partial charge in [-0.15, -0.1) is 0 Å². The van der Waals surface area contributed by atoms with Crippen LogP contribution in [0, 0.1) is 10.8 Å². The smallest absolute Gasteiger partial charge is 0.238 e. The lowest BCUT2D eigenvalue weighted by atomic mass is 9.59. The molecular formula is C15H22N2O4. The molecule has 3 fully saturated rings. The maximum Gasteiger partial charge on any atom is 0.238 e. The normalized spacial score (nSPS) is 40.8. The van der Waals surface area contributed by atoms with E-state index in [1.54, 1.807) is 7.05 Å². The summed E-state index contributed by atoms with van der Waals surface area (Å²) in [4.78, 5) is 38.2. The maximum atomic E-state index is 12.8. The van der Waals surface area contributed by atoms with E-state index in [-0.39, 0.29) is 29.9 Å². The van der Waals surface area contributed by atoms with Crippen molar-refractivity contribution in [3.8, 4) is 0 Å². The Kier molecular flexibility index (Phi) is 3.13. The van der Waals surface area contributed by atoms with Crippen LogP contribution in [0.3, 0.4) is 0 Å². The maximum absolute atomic E-state index is 12.8. The van der Waals surface area contributed by atoms with Gasteiger partial charge in [-0.3, -0.25) is 19.3 Å². The highest BCUT2D eigenvalue weighted by molar-refractivity contribution is 6.10. The number of hydrogen-bond acceptors (Lipinski definition) is 4. The second-order valence-corrected chi connectivity index (χ2v) is 6.63. The summed E-state index contributed by atoms with van der Waals surface area (Å²) >= 11 is 0. The van der Waals surface area contributed by atoms with Crippen LogP contribution in [-0.2, 0) is 19.1 Å². The zero-order valence-corrected chi connectivity index (χ0v) is 12.8. The molecule has 0 aliphatic carbocycles. The van der Waals surface area contributed by atoms with Crippen LogP contribution in [0.25, 0.3) is 0 Å². The number of nitrogens with one attached hydrogen (secondary N) is 1. The van der Waals surface area contributed by atoms with Gasteiger partial charge in [0.15, 0.2) is 0 Å². The fourth-order valence-electron chi connectivity index (χ4n) is 4.25. The van der Waals surface area contributed by atoms with Crippen molar-refractivity contribution in [2.75, 3.05) is 13.6 Å². The summed E-state index contributed by atoms with van der Waals surface area (Å²) in [5.74, 6) is -0.326. The molecule has 0 radical (unpaired) electrons. The zero-order chi connectivity index (χ0) is 15.4. The highest BCUT2D eigenvalue weighted by Gasteiger charge is 2.76. The van der Waals surface area contributed by atoms with Gasteiger partial charge in [-0.1, -0.05) is 0 Å². The standard InChI is InChI=1S/C15H22N2O4/c1-14-9-6-7-10(21-9)15(14,2)13(20)17(12(14)19)8-4-5-11(18)16-3/h9-10H,4-8H2,1-3H3,(H,16,18)/t9-,10+,14+,15-. The summed E-state index contributed by atoms with van der Waals surface area (Å²) in [7, 11) is 1.58. The average molecular weight is 294 g/mol. The van der Waals surface area contributed by atoms with Crippen LogP contribution in [0.5, 0.6) is 0 Å². The summed E-state index contributed by atoms with van der Waals surface area (Å²) in [6.45, 7) is 4.06. The van der Waals surface area contributed by atoms with Crippen LogP contribution in [0.2, 0.25) is 0 Å². The molecule has 0 aromatic rings. The molecule has 21 heavy (non-hydrogen) atoms. The van der Waals surface area contributed by atoms with Crippen molar-refractivity contribution in [2.45, 2.75) is 51.7 Å². The lowest BCUT2D eigenvalue weighted by Crippen LogP contribution is -2.48. The molecule has 2 bridgehead atoms. The van der Waals surface area contributed by atoms with E-state index >= 15 is 0 Å². The Morgan fingerprint density at radius 3 is 2.24 bits per heavy atom. The summed E-state index contributed by atoms with van der Waals surface area (Å²) in [5.41, 5.74) is -1.47. The van der Waals surface area contributed by atoms with Crippen molar-refractivity contribution in [3.63, 3.8) is 0 Å². The van der Waals surface area contributed by atoms with Crippen LogP contribution in [0.15, 0.2) is 0 Å². The Bertz CT molecular complexity index is 486. The van der Waals surface area contributed by atoms with E-state index in [4.69, 9.17) is 4.74 Å². The molecule has 3 rings (SSSR count). The number of rotatable bonds is 4. The molecule has 3 heterocycles. The average Bonchev–Trinajstić information content (AvgIpc) is 3.08. The molecule has 6 heteroatoms.